The van der Waals surface area contributed by atoms with Crippen LogP contribution in [0.5, 0.6) is 11.6 Å². The number of nitrogens with one attached hydrogen (secondary N) is 2. The molecule has 1 aromatic carbocycles. The van der Waals surface area contributed by atoms with Gasteiger partial charge in [0.05, 0.1) is 19.8 Å². The van der Waals surface area contributed by atoms with Crippen LogP contribution in [0.4, 0.5) is 0 Å². The summed E-state index contributed by atoms with van der Waals surface area (Å²) in [7, 11) is 0. The SMILES string of the molecule is CC(C)c1[nH]nc(O[C@@H]2O[C@H](CO)[C@@H](O)[C@H](O)[C@H]2O)c1Cc1ccc(OCCCNC(=O)CN)cc1. The van der Waals surface area contributed by atoms with Crippen molar-refractivity contribution in [1.29, 1.82) is 0 Å². The number of ether oxygens (including phenoxy) is 3. The molecule has 0 radical (unpaired) electrons. The van der Waals surface area contributed by atoms with Crippen LogP contribution in [0, 0.1) is 0 Å². The maximum absolute atomic E-state index is 11.1. The molecule has 8 N–H and O–H groups in total. The van der Waals surface area contributed by atoms with E-state index in [0.717, 1.165) is 16.8 Å². The molecule has 3 rings (SSSR count). The van der Waals surface area contributed by atoms with Crippen LogP contribution in [0.15, 0.2) is 24.3 Å². The number of nitrogens with two attached hydrogens (primary N) is 1. The van der Waals surface area contributed by atoms with E-state index in [1.807, 2.05) is 38.1 Å². The average Bonchev–Trinajstić information content (AvgIpc) is 3.27. The molecule has 12 heteroatoms. The molecule has 1 aromatic heterocycles. The number of aliphatic hydroxyl groups is 4. The van der Waals surface area contributed by atoms with E-state index in [9.17, 15) is 25.2 Å². The number of rotatable bonds is 12. The number of benzene rings is 1. The predicted molar refractivity (Wildman–Crippen MR) is 128 cm³/mol. The summed E-state index contributed by atoms with van der Waals surface area (Å²) in [5, 5.41) is 49.7. The molecule has 0 saturated carbocycles. The van der Waals surface area contributed by atoms with Crippen molar-refractivity contribution in [2.24, 2.45) is 5.73 Å². The molecule has 1 fully saturated rings. The van der Waals surface area contributed by atoms with Gasteiger partial charge in [0.1, 0.15) is 30.2 Å². The zero-order valence-corrected chi connectivity index (χ0v) is 20.5. The molecular weight excluding hydrogens is 472 g/mol. The number of amides is 1. The Labute approximate surface area is 209 Å². The molecular formula is C24H36N4O8. The summed E-state index contributed by atoms with van der Waals surface area (Å²) >= 11 is 0. The Morgan fingerprint density at radius 3 is 2.56 bits per heavy atom. The average molecular weight is 509 g/mol. The molecule has 0 bridgehead atoms. The molecule has 0 unspecified atom stereocenters. The molecule has 2 aromatic rings. The maximum atomic E-state index is 11.1. The van der Waals surface area contributed by atoms with Crippen LogP contribution < -0.4 is 20.5 Å². The number of carbonyl (C=O) groups is 1. The Morgan fingerprint density at radius 2 is 1.92 bits per heavy atom. The number of hydrogen-bond donors (Lipinski definition) is 7. The van der Waals surface area contributed by atoms with Gasteiger partial charge in [0.2, 0.25) is 18.1 Å². The fourth-order valence-corrected chi connectivity index (χ4v) is 3.85. The first-order valence-corrected chi connectivity index (χ1v) is 12.0. The second kappa shape index (κ2) is 13.0. The van der Waals surface area contributed by atoms with E-state index in [2.05, 4.69) is 15.5 Å². The van der Waals surface area contributed by atoms with Crippen LogP contribution in [-0.2, 0) is 16.0 Å². The summed E-state index contributed by atoms with van der Waals surface area (Å²) in [6.45, 7) is 4.35. The van der Waals surface area contributed by atoms with Gasteiger partial charge in [0.15, 0.2) is 0 Å². The first-order valence-electron chi connectivity index (χ1n) is 12.0. The van der Waals surface area contributed by atoms with Gasteiger partial charge in [-0.05, 0) is 30.0 Å². The molecule has 0 aliphatic carbocycles. The summed E-state index contributed by atoms with van der Waals surface area (Å²) in [5.74, 6) is 0.789. The van der Waals surface area contributed by atoms with E-state index < -0.39 is 37.3 Å². The number of nitrogens with zero attached hydrogens (tertiary/aromatic N) is 1. The highest BCUT2D eigenvalue weighted by Gasteiger charge is 2.45. The van der Waals surface area contributed by atoms with Crippen LogP contribution in [0.25, 0.3) is 0 Å². The molecule has 5 atom stereocenters. The Balaban J connectivity index is 1.65. The van der Waals surface area contributed by atoms with Gasteiger partial charge < -0.3 is 45.7 Å². The molecule has 36 heavy (non-hydrogen) atoms. The Hall–Kier alpha value is -2.74. The van der Waals surface area contributed by atoms with Crippen LogP contribution in [0.3, 0.4) is 0 Å². The molecule has 1 saturated heterocycles. The lowest BCUT2D eigenvalue weighted by atomic mass is 9.98. The van der Waals surface area contributed by atoms with Gasteiger partial charge in [0, 0.05) is 24.2 Å². The van der Waals surface area contributed by atoms with Gasteiger partial charge in [-0.25, -0.2) is 0 Å². The van der Waals surface area contributed by atoms with E-state index in [4.69, 9.17) is 19.9 Å². The number of carbonyl (C=O) groups excluding carboxylic acids is 1. The van der Waals surface area contributed by atoms with E-state index in [-0.39, 0.29) is 24.2 Å². The molecule has 12 nitrogen and oxygen atoms in total. The van der Waals surface area contributed by atoms with Crippen molar-refractivity contribution in [3.8, 4) is 11.6 Å². The molecule has 1 aliphatic heterocycles. The molecule has 200 valence electrons. The Morgan fingerprint density at radius 1 is 1.19 bits per heavy atom. The summed E-state index contributed by atoms with van der Waals surface area (Å²) in [4.78, 5) is 11.1. The first kappa shape index (κ1) is 27.8. The summed E-state index contributed by atoms with van der Waals surface area (Å²) < 4.78 is 17.0. The summed E-state index contributed by atoms with van der Waals surface area (Å²) in [5.41, 5.74) is 7.80. The minimum absolute atomic E-state index is 0.0349. The van der Waals surface area contributed by atoms with Crippen molar-refractivity contribution in [3.05, 3.63) is 41.1 Å². The second-order valence-electron chi connectivity index (χ2n) is 8.97. The smallest absolute Gasteiger partial charge is 0.238 e. The minimum Gasteiger partial charge on any atom is -0.494 e. The number of aliphatic hydroxyl groups excluding tert-OH is 4. The van der Waals surface area contributed by atoms with Gasteiger partial charge in [-0.2, -0.15) is 0 Å². The second-order valence-corrected chi connectivity index (χ2v) is 8.97. The van der Waals surface area contributed by atoms with Crippen molar-refractivity contribution in [1.82, 2.24) is 15.5 Å². The maximum Gasteiger partial charge on any atom is 0.238 e. The van der Waals surface area contributed by atoms with Gasteiger partial charge in [-0.1, -0.05) is 26.0 Å². The van der Waals surface area contributed by atoms with Crippen molar-refractivity contribution < 1.29 is 39.4 Å². The molecule has 0 spiro atoms. The summed E-state index contributed by atoms with van der Waals surface area (Å²) in [6.07, 6.45) is -5.84. The van der Waals surface area contributed by atoms with Crippen molar-refractivity contribution in [2.75, 3.05) is 26.3 Å². The lowest BCUT2D eigenvalue weighted by molar-refractivity contribution is -0.278. The van der Waals surface area contributed by atoms with Crippen molar-refractivity contribution in [2.45, 2.75) is 63.3 Å². The summed E-state index contributed by atoms with van der Waals surface area (Å²) in [6, 6.07) is 7.53. The number of aromatic nitrogens is 2. The van der Waals surface area contributed by atoms with Crippen molar-refractivity contribution in [3.63, 3.8) is 0 Å². The molecule has 1 amide bonds. The quantitative estimate of drug-likeness (QED) is 0.178. The lowest BCUT2D eigenvalue weighted by Crippen LogP contribution is -2.60. The lowest BCUT2D eigenvalue weighted by Gasteiger charge is -2.39. The molecule has 1 aliphatic rings. The topological polar surface area (TPSA) is 192 Å². The largest absolute Gasteiger partial charge is 0.494 e. The zero-order chi connectivity index (χ0) is 26.2. The highest BCUT2D eigenvalue weighted by Crippen LogP contribution is 2.31. The standard InChI is InChI=1S/C24H36N4O8/c1-13(2)19-16(10-14-4-6-15(7-5-14)34-9-3-8-26-18(30)11-25)23(28-27-19)36-24-22(33)21(32)20(31)17(12-29)35-24/h4-7,13,17,20-22,24,29,31-33H,3,8-12,25H2,1-2H3,(H,26,30)(H,27,28)/t17-,20-,21+,22-,24+/m1/s1. The minimum atomic E-state index is -1.54. The highest BCUT2D eigenvalue weighted by atomic mass is 16.7. The van der Waals surface area contributed by atoms with E-state index >= 15 is 0 Å². The zero-order valence-electron chi connectivity index (χ0n) is 20.5. The number of hydrogen-bond acceptors (Lipinski definition) is 10. The first-order chi connectivity index (χ1) is 17.2. The van der Waals surface area contributed by atoms with Gasteiger partial charge in [0.25, 0.3) is 0 Å². The third-order valence-corrected chi connectivity index (χ3v) is 5.92. The monoisotopic (exact) mass is 508 g/mol. The Bertz CT molecular complexity index is 966. The van der Waals surface area contributed by atoms with Gasteiger partial charge in [-0.3, -0.25) is 9.89 Å². The van der Waals surface area contributed by atoms with E-state index in [1.165, 1.54) is 0 Å². The van der Waals surface area contributed by atoms with Crippen LogP contribution in [-0.4, -0.2) is 93.5 Å². The van der Waals surface area contributed by atoms with E-state index in [1.54, 1.807) is 0 Å². The third-order valence-electron chi connectivity index (χ3n) is 5.92. The van der Waals surface area contributed by atoms with Crippen LogP contribution in [0.1, 0.15) is 43.0 Å². The normalized spacial score (nSPS) is 24.1. The van der Waals surface area contributed by atoms with Crippen LogP contribution in [0.2, 0.25) is 0 Å². The fourth-order valence-electron chi connectivity index (χ4n) is 3.85. The van der Waals surface area contributed by atoms with Gasteiger partial charge >= 0.3 is 0 Å². The fraction of sp³-hybridized carbons (Fsp3) is 0.583. The molecule has 2 heterocycles. The van der Waals surface area contributed by atoms with Crippen LogP contribution >= 0.6 is 0 Å². The van der Waals surface area contributed by atoms with Crippen molar-refractivity contribution >= 4 is 5.91 Å². The highest BCUT2D eigenvalue weighted by molar-refractivity contribution is 5.77. The predicted octanol–water partition coefficient (Wildman–Crippen LogP) is -0.854. The Kier molecular flexibility index (Phi) is 10.0. The number of aromatic amines is 1. The van der Waals surface area contributed by atoms with E-state index in [0.29, 0.717) is 31.7 Å². The van der Waals surface area contributed by atoms with Gasteiger partial charge in [-0.15, -0.1) is 5.10 Å². The number of H-pyrrole nitrogens is 1. The third kappa shape index (κ3) is 6.93.